The highest BCUT2D eigenvalue weighted by Crippen LogP contribution is 2.42. The van der Waals surface area contributed by atoms with E-state index >= 15 is 0 Å². The van der Waals surface area contributed by atoms with Crippen molar-refractivity contribution in [2.45, 2.75) is 45.1 Å². The molecule has 27 heavy (non-hydrogen) atoms. The Morgan fingerprint density at radius 2 is 1.85 bits per heavy atom. The van der Waals surface area contributed by atoms with E-state index < -0.39 is 0 Å². The molecule has 3 heteroatoms. The van der Waals surface area contributed by atoms with Crippen LogP contribution < -0.4 is 10.1 Å². The number of nitrogens with zero attached hydrogens (tertiary/aromatic N) is 1. The van der Waals surface area contributed by atoms with Crippen LogP contribution >= 0.6 is 0 Å². The quantitative estimate of drug-likeness (QED) is 0.667. The third kappa shape index (κ3) is 2.81. The van der Waals surface area contributed by atoms with E-state index in [2.05, 4.69) is 60.5 Å². The van der Waals surface area contributed by atoms with Crippen molar-refractivity contribution in [2.75, 3.05) is 13.1 Å². The average Bonchev–Trinajstić information content (AvgIpc) is 2.69. The van der Waals surface area contributed by atoms with Gasteiger partial charge in [0.2, 0.25) is 0 Å². The van der Waals surface area contributed by atoms with Gasteiger partial charge in [-0.3, -0.25) is 4.98 Å². The summed E-state index contributed by atoms with van der Waals surface area (Å²) in [5, 5.41) is 5.94. The van der Waals surface area contributed by atoms with Crippen molar-refractivity contribution in [3.63, 3.8) is 0 Å². The van der Waals surface area contributed by atoms with Gasteiger partial charge >= 0.3 is 0 Å². The van der Waals surface area contributed by atoms with Gasteiger partial charge in [0.25, 0.3) is 0 Å². The van der Waals surface area contributed by atoms with Crippen LogP contribution in [-0.2, 0) is 6.42 Å². The number of hydrogen-bond donors (Lipinski definition) is 1. The molecule has 3 nitrogen and oxygen atoms in total. The number of pyridine rings is 1. The van der Waals surface area contributed by atoms with Crippen LogP contribution in [0.3, 0.4) is 0 Å². The van der Waals surface area contributed by atoms with Gasteiger partial charge in [-0.25, -0.2) is 0 Å². The first kappa shape index (κ1) is 16.8. The maximum absolute atomic E-state index is 6.57. The molecule has 3 aromatic rings. The standard InChI is InChI=1S/C24H26N2O/c1-16-20(18-3-4-22-17(2)26-12-8-19(22)15-18)5-6-23-21(16)7-9-24(27-23)10-13-25-14-11-24/h3-6,8,12,15,25H,7,9-11,13-14H2,1-2H3. The third-order valence-electron chi connectivity index (χ3n) is 6.50. The summed E-state index contributed by atoms with van der Waals surface area (Å²) in [7, 11) is 0. The van der Waals surface area contributed by atoms with E-state index in [0.29, 0.717) is 0 Å². The monoisotopic (exact) mass is 358 g/mol. The topological polar surface area (TPSA) is 34.2 Å². The SMILES string of the molecule is Cc1c(-c2ccc3c(C)nccc3c2)ccc2c1CCC1(CCNCC1)O2. The molecule has 1 N–H and O–H groups in total. The van der Waals surface area contributed by atoms with Crippen molar-refractivity contribution < 1.29 is 4.74 Å². The second-order valence-corrected chi connectivity index (χ2v) is 8.08. The van der Waals surface area contributed by atoms with Crippen LogP contribution in [0.2, 0.25) is 0 Å². The highest BCUT2D eigenvalue weighted by Gasteiger charge is 2.38. The lowest BCUT2D eigenvalue weighted by atomic mass is 9.81. The van der Waals surface area contributed by atoms with E-state index in [0.717, 1.165) is 50.2 Å². The van der Waals surface area contributed by atoms with Crippen LogP contribution in [0.1, 0.15) is 36.1 Å². The van der Waals surface area contributed by atoms with Gasteiger partial charge in [0, 0.05) is 17.3 Å². The van der Waals surface area contributed by atoms with Crippen LogP contribution in [0.15, 0.2) is 42.6 Å². The Balaban J connectivity index is 1.54. The summed E-state index contributed by atoms with van der Waals surface area (Å²) in [6.45, 7) is 6.45. The Kier molecular flexibility index (Phi) is 3.94. The Morgan fingerprint density at radius 1 is 1.00 bits per heavy atom. The zero-order valence-electron chi connectivity index (χ0n) is 16.1. The van der Waals surface area contributed by atoms with Gasteiger partial charge < -0.3 is 10.1 Å². The van der Waals surface area contributed by atoms with Crippen molar-refractivity contribution in [3.8, 4) is 16.9 Å². The van der Waals surface area contributed by atoms with Gasteiger partial charge in [-0.15, -0.1) is 0 Å². The van der Waals surface area contributed by atoms with Gasteiger partial charge in [-0.1, -0.05) is 18.2 Å². The van der Waals surface area contributed by atoms with Crippen LogP contribution in [0.5, 0.6) is 5.75 Å². The van der Waals surface area contributed by atoms with Crippen molar-refractivity contribution in [1.29, 1.82) is 0 Å². The first-order chi connectivity index (χ1) is 13.2. The van der Waals surface area contributed by atoms with Crippen LogP contribution in [0.25, 0.3) is 21.9 Å². The Hall–Kier alpha value is -2.39. The minimum atomic E-state index is 0.0552. The van der Waals surface area contributed by atoms with E-state index in [-0.39, 0.29) is 5.60 Å². The van der Waals surface area contributed by atoms with Crippen molar-refractivity contribution in [2.24, 2.45) is 0 Å². The largest absolute Gasteiger partial charge is 0.487 e. The van der Waals surface area contributed by atoms with Gasteiger partial charge in [0.1, 0.15) is 11.4 Å². The molecule has 1 saturated heterocycles. The molecular formula is C24H26N2O. The maximum Gasteiger partial charge on any atom is 0.123 e. The maximum atomic E-state index is 6.57. The predicted molar refractivity (Wildman–Crippen MR) is 110 cm³/mol. The molecule has 1 spiro atoms. The van der Waals surface area contributed by atoms with Gasteiger partial charge in [0.15, 0.2) is 0 Å². The Morgan fingerprint density at radius 3 is 2.70 bits per heavy atom. The number of benzene rings is 2. The molecule has 0 unspecified atom stereocenters. The zero-order valence-corrected chi connectivity index (χ0v) is 16.1. The smallest absolute Gasteiger partial charge is 0.123 e. The average molecular weight is 358 g/mol. The highest BCUT2D eigenvalue weighted by molar-refractivity contribution is 5.89. The minimum absolute atomic E-state index is 0.0552. The molecule has 138 valence electrons. The molecule has 2 aromatic carbocycles. The molecule has 5 rings (SSSR count). The van der Waals surface area contributed by atoms with Gasteiger partial charge in [0.05, 0.1) is 0 Å². The van der Waals surface area contributed by atoms with E-state index in [1.165, 1.54) is 33.0 Å². The van der Waals surface area contributed by atoms with Crippen LogP contribution in [0.4, 0.5) is 0 Å². The van der Waals surface area contributed by atoms with Crippen molar-refractivity contribution >= 4 is 10.8 Å². The summed E-state index contributed by atoms with van der Waals surface area (Å²) in [6, 6.07) is 13.3. The lowest BCUT2D eigenvalue weighted by molar-refractivity contribution is 0.0169. The second kappa shape index (κ2) is 6.35. The lowest BCUT2D eigenvalue weighted by Crippen LogP contribution is -2.48. The molecule has 0 amide bonds. The molecule has 2 aliphatic rings. The molecule has 0 bridgehead atoms. The summed E-state index contributed by atoms with van der Waals surface area (Å²) in [6.07, 6.45) is 6.38. The molecule has 1 fully saturated rings. The number of piperidine rings is 1. The van der Waals surface area contributed by atoms with Crippen LogP contribution in [-0.4, -0.2) is 23.7 Å². The molecule has 0 radical (unpaired) electrons. The third-order valence-corrected chi connectivity index (χ3v) is 6.50. The first-order valence-corrected chi connectivity index (χ1v) is 10.0. The summed E-state index contributed by atoms with van der Waals surface area (Å²) in [4.78, 5) is 4.41. The summed E-state index contributed by atoms with van der Waals surface area (Å²) in [5.41, 5.74) is 6.48. The van der Waals surface area contributed by atoms with Crippen molar-refractivity contribution in [3.05, 3.63) is 59.4 Å². The van der Waals surface area contributed by atoms with E-state index in [1.807, 2.05) is 6.20 Å². The number of aromatic nitrogens is 1. The van der Waals surface area contributed by atoms with E-state index in [9.17, 15) is 0 Å². The first-order valence-electron chi connectivity index (χ1n) is 10.0. The summed E-state index contributed by atoms with van der Waals surface area (Å²) >= 11 is 0. The molecular weight excluding hydrogens is 332 g/mol. The van der Waals surface area contributed by atoms with Gasteiger partial charge in [-0.2, -0.15) is 0 Å². The fourth-order valence-corrected chi connectivity index (χ4v) is 4.82. The Labute approximate surface area is 160 Å². The fraction of sp³-hybridized carbons (Fsp3) is 0.375. The Bertz CT molecular complexity index is 1020. The molecule has 2 aliphatic heterocycles. The van der Waals surface area contributed by atoms with Crippen LogP contribution in [0, 0.1) is 13.8 Å². The number of fused-ring (bicyclic) bond motifs is 2. The molecule has 0 saturated carbocycles. The number of aryl methyl sites for hydroxylation is 1. The van der Waals surface area contributed by atoms with Gasteiger partial charge in [-0.05, 0) is 98.5 Å². The molecule has 0 atom stereocenters. The molecule has 1 aromatic heterocycles. The predicted octanol–water partition coefficient (Wildman–Crippen LogP) is 4.97. The zero-order chi connectivity index (χ0) is 18.4. The number of hydrogen-bond acceptors (Lipinski definition) is 3. The fourth-order valence-electron chi connectivity index (χ4n) is 4.82. The molecule has 0 aliphatic carbocycles. The number of ether oxygens (including phenoxy) is 1. The summed E-state index contributed by atoms with van der Waals surface area (Å²) in [5.74, 6) is 1.10. The molecule has 3 heterocycles. The van der Waals surface area contributed by atoms with E-state index in [4.69, 9.17) is 4.74 Å². The number of rotatable bonds is 1. The normalized spacial score (nSPS) is 18.3. The highest BCUT2D eigenvalue weighted by atomic mass is 16.5. The second-order valence-electron chi connectivity index (χ2n) is 8.08. The number of nitrogens with one attached hydrogen (secondary N) is 1. The van der Waals surface area contributed by atoms with E-state index in [1.54, 1.807) is 0 Å². The minimum Gasteiger partial charge on any atom is -0.487 e. The van der Waals surface area contributed by atoms with Crippen molar-refractivity contribution in [1.82, 2.24) is 10.3 Å². The lowest BCUT2D eigenvalue weighted by Gasteiger charge is -2.42. The summed E-state index contributed by atoms with van der Waals surface area (Å²) < 4.78 is 6.57.